The van der Waals surface area contributed by atoms with Crippen LogP contribution in [-0.4, -0.2) is 4.57 Å². The second-order valence-corrected chi connectivity index (χ2v) is 14.2. The normalized spacial score (nSPS) is 13.7. The third-order valence-corrected chi connectivity index (χ3v) is 11.1. The molecule has 1 heterocycles. The maximum absolute atomic E-state index is 2.49. The van der Waals surface area contributed by atoms with Gasteiger partial charge in [-0.25, -0.2) is 0 Å². The summed E-state index contributed by atoms with van der Waals surface area (Å²) in [7, 11) is 0. The van der Waals surface area contributed by atoms with Gasteiger partial charge in [0.15, 0.2) is 0 Å². The number of rotatable bonds is 5. The number of para-hydroxylation sites is 2. The number of benzene rings is 7. The molecule has 2 nitrogen and oxygen atoms in total. The zero-order chi connectivity index (χ0) is 34.1. The van der Waals surface area contributed by atoms with E-state index in [0.717, 1.165) is 29.9 Å². The van der Waals surface area contributed by atoms with Crippen LogP contribution in [0.3, 0.4) is 0 Å². The molecule has 51 heavy (non-hydrogen) atoms. The summed E-state index contributed by atoms with van der Waals surface area (Å²) >= 11 is 0. The Labute approximate surface area is 299 Å². The summed E-state index contributed by atoms with van der Waals surface area (Å²) in [6.45, 7) is 4.43. The number of hydrogen-bond donors (Lipinski definition) is 0. The van der Waals surface area contributed by atoms with Crippen LogP contribution in [0.5, 0.6) is 0 Å². The molecule has 0 saturated heterocycles. The number of aromatic nitrogens is 1. The van der Waals surface area contributed by atoms with Crippen LogP contribution in [0.1, 0.15) is 35.1 Å². The van der Waals surface area contributed by atoms with Crippen molar-refractivity contribution in [3.8, 4) is 16.8 Å². The van der Waals surface area contributed by atoms with E-state index in [1.165, 1.54) is 83.6 Å². The van der Waals surface area contributed by atoms with Gasteiger partial charge in [0.2, 0.25) is 0 Å². The second-order valence-electron chi connectivity index (χ2n) is 14.2. The highest BCUT2D eigenvalue weighted by molar-refractivity contribution is 6.16. The topological polar surface area (TPSA) is 8.17 Å². The Morgan fingerprint density at radius 3 is 2.10 bits per heavy atom. The molecule has 8 aromatic rings. The maximum Gasteiger partial charge on any atom is 0.0547 e. The highest BCUT2D eigenvalue weighted by atomic mass is 15.1. The van der Waals surface area contributed by atoms with Crippen LogP contribution in [0.15, 0.2) is 163 Å². The summed E-state index contributed by atoms with van der Waals surface area (Å²) in [5.74, 6) is 0. The standard InChI is InChI=1S/C49H38N2/c1-32-13-9-11-19-41(32)42-25-23-39(27-33(42)2)50(37-15-5-3-6-16-37)40-24-26-47-45(30-40)46-31-44-35(29-48(46)51(47)38-17-7-4-8-18-38)21-22-36-28-34-14-10-12-20-43(34)49(36)44/h3-9,11-13,15-27,29-31H,10,14,28H2,1-2H3. The molecular formula is C49H38N2. The minimum absolute atomic E-state index is 1.08. The monoisotopic (exact) mass is 654 g/mol. The molecular weight excluding hydrogens is 617 g/mol. The van der Waals surface area contributed by atoms with Gasteiger partial charge < -0.3 is 9.47 Å². The molecule has 0 spiro atoms. The van der Waals surface area contributed by atoms with Crippen molar-refractivity contribution in [1.29, 1.82) is 0 Å². The van der Waals surface area contributed by atoms with Gasteiger partial charge in [-0.15, -0.1) is 0 Å². The van der Waals surface area contributed by atoms with E-state index in [0.29, 0.717) is 0 Å². The van der Waals surface area contributed by atoms with Crippen LogP contribution >= 0.6 is 0 Å². The van der Waals surface area contributed by atoms with Gasteiger partial charge in [-0.05, 0) is 150 Å². The lowest BCUT2D eigenvalue weighted by molar-refractivity contribution is 0.935. The molecule has 0 unspecified atom stereocenters. The quantitative estimate of drug-likeness (QED) is 0.179. The van der Waals surface area contributed by atoms with Crippen LogP contribution in [0, 0.1) is 13.8 Å². The van der Waals surface area contributed by atoms with Gasteiger partial charge in [-0.3, -0.25) is 0 Å². The van der Waals surface area contributed by atoms with Crippen LogP contribution in [0.2, 0.25) is 0 Å². The first-order chi connectivity index (χ1) is 25.1. The largest absolute Gasteiger partial charge is 0.310 e. The van der Waals surface area contributed by atoms with E-state index in [1.54, 1.807) is 5.57 Å². The van der Waals surface area contributed by atoms with Crippen molar-refractivity contribution in [2.45, 2.75) is 33.1 Å². The Morgan fingerprint density at radius 2 is 1.27 bits per heavy atom. The number of nitrogens with zero attached hydrogens (tertiary/aromatic N) is 2. The maximum atomic E-state index is 2.49. The summed E-state index contributed by atoms with van der Waals surface area (Å²) < 4.78 is 2.44. The van der Waals surface area contributed by atoms with Gasteiger partial charge in [-0.2, -0.15) is 0 Å². The van der Waals surface area contributed by atoms with E-state index < -0.39 is 0 Å². The summed E-state index contributed by atoms with van der Waals surface area (Å²) in [6.07, 6.45) is 8.12. The van der Waals surface area contributed by atoms with Crippen molar-refractivity contribution in [3.63, 3.8) is 0 Å². The average molecular weight is 655 g/mol. The number of allylic oxidation sites excluding steroid dienone is 4. The molecule has 0 aliphatic heterocycles. The van der Waals surface area contributed by atoms with E-state index in [9.17, 15) is 0 Å². The van der Waals surface area contributed by atoms with E-state index in [4.69, 9.17) is 0 Å². The fraction of sp³-hybridized carbons (Fsp3) is 0.102. The van der Waals surface area contributed by atoms with Gasteiger partial charge in [0.25, 0.3) is 0 Å². The van der Waals surface area contributed by atoms with Gasteiger partial charge in [0.05, 0.1) is 11.0 Å². The third-order valence-electron chi connectivity index (χ3n) is 11.1. The van der Waals surface area contributed by atoms with Crippen LogP contribution < -0.4 is 4.90 Å². The predicted molar refractivity (Wildman–Crippen MR) is 217 cm³/mol. The molecule has 0 bridgehead atoms. The summed E-state index contributed by atoms with van der Waals surface area (Å²) in [4.78, 5) is 2.41. The molecule has 0 fully saturated rings. The Hall–Kier alpha value is -6.12. The summed E-state index contributed by atoms with van der Waals surface area (Å²) in [5.41, 5.74) is 18.1. The number of aryl methyl sites for hydroxylation is 2. The molecule has 0 N–H and O–H groups in total. The van der Waals surface area contributed by atoms with Crippen LogP contribution in [-0.2, 0) is 6.42 Å². The zero-order valence-corrected chi connectivity index (χ0v) is 29.0. The van der Waals surface area contributed by atoms with E-state index in [2.05, 4.69) is 181 Å². The lowest BCUT2D eigenvalue weighted by Gasteiger charge is -2.26. The Balaban J connectivity index is 1.22. The molecule has 0 atom stereocenters. The molecule has 0 saturated carbocycles. The first-order valence-corrected chi connectivity index (χ1v) is 18.1. The first-order valence-electron chi connectivity index (χ1n) is 18.1. The van der Waals surface area contributed by atoms with Gasteiger partial charge in [-0.1, -0.05) is 96.6 Å². The molecule has 2 aliphatic carbocycles. The SMILES string of the molecule is Cc1ccccc1-c1ccc(N(c2ccccc2)c2ccc3c(c2)c2cc4c5c(ccc4cc2n3-c2ccccc2)CC2=C5C=CCC2)cc1C. The van der Waals surface area contributed by atoms with Gasteiger partial charge >= 0.3 is 0 Å². The van der Waals surface area contributed by atoms with Crippen molar-refractivity contribution < 1.29 is 0 Å². The zero-order valence-electron chi connectivity index (χ0n) is 29.0. The molecule has 2 heteroatoms. The molecule has 1 aromatic heterocycles. The fourth-order valence-electron chi connectivity index (χ4n) is 8.70. The van der Waals surface area contributed by atoms with Crippen LogP contribution in [0.4, 0.5) is 17.1 Å². The molecule has 2 aliphatic rings. The van der Waals surface area contributed by atoms with Crippen molar-refractivity contribution in [1.82, 2.24) is 4.57 Å². The lowest BCUT2D eigenvalue weighted by Crippen LogP contribution is -2.10. The minimum atomic E-state index is 1.08. The number of anilines is 3. The predicted octanol–water partition coefficient (Wildman–Crippen LogP) is 13.4. The average Bonchev–Trinajstić information content (AvgIpc) is 3.71. The van der Waals surface area contributed by atoms with Crippen molar-refractivity contribution in [3.05, 3.63) is 186 Å². The van der Waals surface area contributed by atoms with E-state index in [1.807, 2.05) is 0 Å². The molecule has 10 rings (SSSR count). The van der Waals surface area contributed by atoms with Crippen molar-refractivity contribution >= 4 is 55.2 Å². The fourth-order valence-corrected chi connectivity index (χ4v) is 8.70. The minimum Gasteiger partial charge on any atom is -0.310 e. The molecule has 0 radical (unpaired) electrons. The molecule has 0 amide bonds. The van der Waals surface area contributed by atoms with Gasteiger partial charge in [0.1, 0.15) is 0 Å². The highest BCUT2D eigenvalue weighted by Gasteiger charge is 2.25. The van der Waals surface area contributed by atoms with Crippen molar-refractivity contribution in [2.24, 2.45) is 0 Å². The third kappa shape index (κ3) is 4.78. The number of fused-ring (bicyclic) bond motifs is 7. The van der Waals surface area contributed by atoms with Crippen molar-refractivity contribution in [2.75, 3.05) is 4.90 Å². The highest BCUT2D eigenvalue weighted by Crippen LogP contribution is 2.46. The van der Waals surface area contributed by atoms with Gasteiger partial charge in [0, 0.05) is 33.5 Å². The lowest BCUT2D eigenvalue weighted by atomic mass is 9.93. The Bertz CT molecular complexity index is 2730. The van der Waals surface area contributed by atoms with E-state index >= 15 is 0 Å². The molecule has 244 valence electrons. The molecule has 7 aromatic carbocycles. The second kappa shape index (κ2) is 11.7. The van der Waals surface area contributed by atoms with Crippen LogP contribution in [0.25, 0.3) is 55.0 Å². The Morgan fingerprint density at radius 1 is 0.549 bits per heavy atom. The summed E-state index contributed by atoms with van der Waals surface area (Å²) in [5, 5.41) is 5.19. The Kier molecular flexibility index (Phi) is 6.86. The first kappa shape index (κ1) is 29.8. The smallest absolute Gasteiger partial charge is 0.0547 e. The van der Waals surface area contributed by atoms with E-state index in [-0.39, 0.29) is 0 Å². The number of hydrogen-bond acceptors (Lipinski definition) is 1. The summed E-state index contributed by atoms with van der Waals surface area (Å²) in [6, 6.07) is 53.8.